The third kappa shape index (κ3) is 7.26. The van der Waals surface area contributed by atoms with Gasteiger partial charge in [-0.25, -0.2) is 4.99 Å². The van der Waals surface area contributed by atoms with E-state index in [2.05, 4.69) is 47.5 Å². The Hall–Kier alpha value is -2.57. The van der Waals surface area contributed by atoms with Crippen LogP contribution in [0, 0.1) is 0 Å². The molecule has 168 valence electrons. The zero-order valence-electron chi connectivity index (χ0n) is 19.0. The smallest absolute Gasteiger partial charge is 0.194 e. The second kappa shape index (κ2) is 12.3. The van der Waals surface area contributed by atoms with Crippen LogP contribution in [0.25, 0.3) is 0 Å². The van der Waals surface area contributed by atoms with Crippen molar-refractivity contribution < 1.29 is 14.2 Å². The summed E-state index contributed by atoms with van der Waals surface area (Å²) >= 11 is 0. The summed E-state index contributed by atoms with van der Waals surface area (Å²) in [5.74, 6) is 1.76. The van der Waals surface area contributed by atoms with Gasteiger partial charge in [-0.05, 0) is 37.0 Å². The Labute approximate surface area is 186 Å². The van der Waals surface area contributed by atoms with Gasteiger partial charge in [0.05, 0.1) is 26.4 Å². The summed E-state index contributed by atoms with van der Waals surface area (Å²) in [6, 6.07) is 16.6. The molecule has 0 radical (unpaired) electrons. The normalized spacial score (nSPS) is 15.0. The molecule has 2 aromatic rings. The fourth-order valence-electron chi connectivity index (χ4n) is 3.67. The van der Waals surface area contributed by atoms with Crippen molar-refractivity contribution in [3.05, 3.63) is 65.2 Å². The van der Waals surface area contributed by atoms with Crippen LogP contribution in [-0.2, 0) is 29.2 Å². The van der Waals surface area contributed by atoms with Crippen molar-refractivity contribution in [3.8, 4) is 5.75 Å². The highest BCUT2D eigenvalue weighted by Crippen LogP contribution is 2.19. The number of guanidine groups is 1. The van der Waals surface area contributed by atoms with E-state index in [1.54, 1.807) is 7.11 Å². The van der Waals surface area contributed by atoms with E-state index in [9.17, 15) is 0 Å². The molecule has 0 aromatic heterocycles. The van der Waals surface area contributed by atoms with E-state index >= 15 is 0 Å². The maximum Gasteiger partial charge on any atom is 0.194 e. The lowest BCUT2D eigenvalue weighted by atomic mass is 10.1. The number of benzene rings is 2. The van der Waals surface area contributed by atoms with Gasteiger partial charge < -0.3 is 24.4 Å². The summed E-state index contributed by atoms with van der Waals surface area (Å²) in [6.45, 7) is 6.47. The number of nitrogens with one attached hydrogen (secondary N) is 1. The summed E-state index contributed by atoms with van der Waals surface area (Å²) in [6.07, 6.45) is 2.27. The molecule has 0 bridgehead atoms. The molecular weight excluding hydrogens is 390 g/mol. The highest BCUT2D eigenvalue weighted by atomic mass is 16.5. The van der Waals surface area contributed by atoms with E-state index in [4.69, 9.17) is 19.2 Å². The molecule has 6 nitrogen and oxygen atoms in total. The minimum absolute atomic E-state index is 0.305. The Morgan fingerprint density at radius 2 is 1.90 bits per heavy atom. The fraction of sp³-hybridized carbons (Fsp3) is 0.480. The predicted octanol–water partition coefficient (Wildman–Crippen LogP) is 3.99. The molecule has 0 atom stereocenters. The molecule has 1 aliphatic rings. The predicted molar refractivity (Wildman–Crippen MR) is 124 cm³/mol. The molecule has 0 amide bonds. The van der Waals surface area contributed by atoms with Crippen LogP contribution in [0.2, 0.25) is 0 Å². The van der Waals surface area contributed by atoms with Gasteiger partial charge in [0.25, 0.3) is 0 Å². The van der Waals surface area contributed by atoms with Crippen LogP contribution in [-0.4, -0.2) is 50.9 Å². The van der Waals surface area contributed by atoms with E-state index in [0.717, 1.165) is 56.4 Å². The van der Waals surface area contributed by atoms with Gasteiger partial charge in [-0.1, -0.05) is 42.5 Å². The van der Waals surface area contributed by atoms with Crippen molar-refractivity contribution in [1.29, 1.82) is 0 Å². The number of rotatable bonds is 9. The lowest BCUT2D eigenvalue weighted by molar-refractivity contribution is -0.0390. The summed E-state index contributed by atoms with van der Waals surface area (Å²) in [4.78, 5) is 6.98. The number of hydrogen-bond acceptors (Lipinski definition) is 4. The van der Waals surface area contributed by atoms with Crippen LogP contribution in [0.5, 0.6) is 5.75 Å². The SMILES string of the molecule is CCNC(=NCc1cccc(COC2CCOCC2)c1)N(C)Cc1ccccc1OC. The summed E-state index contributed by atoms with van der Waals surface area (Å²) in [7, 11) is 3.75. The van der Waals surface area contributed by atoms with Crippen molar-refractivity contribution in [2.45, 2.75) is 45.6 Å². The molecule has 1 N–H and O–H groups in total. The monoisotopic (exact) mass is 425 g/mol. The quantitative estimate of drug-likeness (QED) is 0.486. The Morgan fingerprint density at radius 1 is 1.13 bits per heavy atom. The zero-order valence-corrected chi connectivity index (χ0v) is 19.0. The Morgan fingerprint density at radius 3 is 2.68 bits per heavy atom. The third-order valence-electron chi connectivity index (χ3n) is 5.35. The first kappa shape index (κ1) is 23.1. The highest BCUT2D eigenvalue weighted by Gasteiger charge is 2.14. The first-order valence-corrected chi connectivity index (χ1v) is 11.1. The van der Waals surface area contributed by atoms with Gasteiger partial charge in [0.1, 0.15) is 5.75 Å². The van der Waals surface area contributed by atoms with Crippen molar-refractivity contribution >= 4 is 5.96 Å². The molecular formula is C25H35N3O3. The zero-order chi connectivity index (χ0) is 21.9. The number of methoxy groups -OCH3 is 1. The van der Waals surface area contributed by atoms with Gasteiger partial charge >= 0.3 is 0 Å². The molecule has 0 saturated carbocycles. The molecule has 6 heteroatoms. The van der Waals surface area contributed by atoms with Crippen molar-refractivity contribution in [2.75, 3.05) is 33.9 Å². The van der Waals surface area contributed by atoms with Gasteiger partial charge in [0.2, 0.25) is 0 Å². The van der Waals surface area contributed by atoms with Crippen LogP contribution >= 0.6 is 0 Å². The Kier molecular flexibility index (Phi) is 9.18. The van der Waals surface area contributed by atoms with Gasteiger partial charge in [0, 0.05) is 38.9 Å². The molecule has 1 heterocycles. The van der Waals surface area contributed by atoms with E-state index in [1.165, 1.54) is 11.1 Å². The number of aliphatic imine (C=N–C) groups is 1. The third-order valence-corrected chi connectivity index (χ3v) is 5.35. The lowest BCUT2D eigenvalue weighted by Gasteiger charge is -2.23. The molecule has 31 heavy (non-hydrogen) atoms. The van der Waals surface area contributed by atoms with Gasteiger partial charge in [-0.3, -0.25) is 0 Å². The average Bonchev–Trinajstić information content (AvgIpc) is 2.81. The number of hydrogen-bond donors (Lipinski definition) is 1. The van der Waals surface area contributed by atoms with Crippen LogP contribution < -0.4 is 10.1 Å². The largest absolute Gasteiger partial charge is 0.496 e. The minimum Gasteiger partial charge on any atom is -0.496 e. The van der Waals surface area contributed by atoms with Gasteiger partial charge in [-0.2, -0.15) is 0 Å². The second-order valence-electron chi connectivity index (χ2n) is 7.78. The summed E-state index contributed by atoms with van der Waals surface area (Å²) < 4.78 is 17.0. The van der Waals surface area contributed by atoms with Crippen LogP contribution in [0.4, 0.5) is 0 Å². The molecule has 3 rings (SSSR count). The first-order valence-electron chi connectivity index (χ1n) is 11.1. The summed E-state index contributed by atoms with van der Waals surface area (Å²) in [5.41, 5.74) is 3.49. The lowest BCUT2D eigenvalue weighted by Crippen LogP contribution is -2.38. The van der Waals surface area contributed by atoms with Crippen molar-refractivity contribution in [3.63, 3.8) is 0 Å². The van der Waals surface area contributed by atoms with Crippen molar-refractivity contribution in [2.24, 2.45) is 4.99 Å². The fourth-order valence-corrected chi connectivity index (χ4v) is 3.67. The van der Waals surface area contributed by atoms with Crippen molar-refractivity contribution in [1.82, 2.24) is 10.2 Å². The summed E-state index contributed by atoms with van der Waals surface area (Å²) in [5, 5.41) is 3.39. The molecule has 1 aliphatic heterocycles. The molecule has 1 fully saturated rings. The Balaban J connectivity index is 1.61. The number of para-hydroxylation sites is 1. The van der Waals surface area contributed by atoms with Gasteiger partial charge in [-0.15, -0.1) is 0 Å². The maximum atomic E-state index is 6.07. The number of ether oxygens (including phenoxy) is 3. The minimum atomic E-state index is 0.305. The maximum absolute atomic E-state index is 6.07. The Bertz CT molecular complexity index is 834. The molecule has 2 aromatic carbocycles. The first-order chi connectivity index (χ1) is 15.2. The molecule has 1 saturated heterocycles. The molecule has 0 spiro atoms. The molecule has 0 unspecified atom stereocenters. The van der Waals surface area contributed by atoms with Gasteiger partial charge in [0.15, 0.2) is 5.96 Å². The average molecular weight is 426 g/mol. The highest BCUT2D eigenvalue weighted by molar-refractivity contribution is 5.79. The second-order valence-corrected chi connectivity index (χ2v) is 7.78. The van der Waals surface area contributed by atoms with E-state index < -0.39 is 0 Å². The van der Waals surface area contributed by atoms with Crippen LogP contribution in [0.15, 0.2) is 53.5 Å². The molecule has 0 aliphatic carbocycles. The number of nitrogens with zero attached hydrogens (tertiary/aromatic N) is 2. The van der Waals surface area contributed by atoms with E-state index in [0.29, 0.717) is 19.3 Å². The van der Waals surface area contributed by atoms with Crippen LogP contribution in [0.3, 0.4) is 0 Å². The van der Waals surface area contributed by atoms with E-state index in [1.807, 2.05) is 25.2 Å². The van der Waals surface area contributed by atoms with E-state index in [-0.39, 0.29) is 0 Å². The standard InChI is InChI=1S/C25H35N3O3/c1-4-26-25(28(2)18-22-10-5-6-11-24(22)29-3)27-17-20-8-7-9-21(16-20)19-31-23-12-14-30-15-13-23/h5-11,16,23H,4,12-15,17-19H2,1-3H3,(H,26,27). The van der Waals surface area contributed by atoms with Crippen LogP contribution in [0.1, 0.15) is 36.5 Å². The topological polar surface area (TPSA) is 55.3 Å².